The fraction of sp³-hybridized carbons (Fsp3) is 0.571. The molecule has 0 amide bonds. The van der Waals surface area contributed by atoms with Crippen molar-refractivity contribution in [1.29, 1.82) is 0 Å². The van der Waals surface area contributed by atoms with Gasteiger partial charge in [0, 0.05) is 0 Å². The van der Waals surface area contributed by atoms with E-state index in [1.807, 2.05) is 30.3 Å². The molecule has 1 aliphatic heterocycles. The van der Waals surface area contributed by atoms with Crippen molar-refractivity contribution in [2.45, 2.75) is 43.7 Å². The normalized spacial score (nSPS) is 35.8. The van der Waals surface area contributed by atoms with Crippen LogP contribution < -0.4 is 0 Å². The maximum Gasteiger partial charge on any atom is 0.187 e. The van der Waals surface area contributed by atoms with Gasteiger partial charge in [0.15, 0.2) is 6.29 Å². The minimum Gasteiger partial charge on any atom is -0.394 e. The summed E-state index contributed by atoms with van der Waals surface area (Å²) in [4.78, 5) is 0. The van der Waals surface area contributed by atoms with Crippen molar-refractivity contribution < 1.29 is 29.9 Å². The third-order valence-electron chi connectivity index (χ3n) is 3.46. The van der Waals surface area contributed by atoms with Crippen LogP contribution in [0.4, 0.5) is 0 Å². The van der Waals surface area contributed by atoms with Crippen molar-refractivity contribution in [3.63, 3.8) is 0 Å². The third kappa shape index (κ3) is 3.17. The lowest BCUT2D eigenvalue weighted by Crippen LogP contribution is -2.59. The van der Waals surface area contributed by atoms with E-state index in [-0.39, 0.29) is 6.10 Å². The lowest BCUT2D eigenvalue weighted by molar-refractivity contribution is -0.311. The van der Waals surface area contributed by atoms with Gasteiger partial charge in [-0.1, -0.05) is 30.3 Å². The van der Waals surface area contributed by atoms with Crippen molar-refractivity contribution in [2.75, 3.05) is 6.61 Å². The third-order valence-corrected chi connectivity index (χ3v) is 3.46. The monoisotopic (exact) mass is 284 g/mol. The molecule has 1 aliphatic rings. The van der Waals surface area contributed by atoms with Gasteiger partial charge < -0.3 is 29.9 Å². The van der Waals surface area contributed by atoms with E-state index < -0.39 is 37.3 Å². The molecule has 4 N–H and O–H groups in total. The highest BCUT2D eigenvalue weighted by Gasteiger charge is 2.44. The molecule has 0 unspecified atom stereocenters. The topological polar surface area (TPSA) is 99.4 Å². The van der Waals surface area contributed by atoms with E-state index in [0.717, 1.165) is 5.56 Å². The van der Waals surface area contributed by atoms with E-state index in [9.17, 15) is 15.3 Å². The first-order valence-electron chi connectivity index (χ1n) is 6.55. The zero-order valence-electron chi connectivity index (χ0n) is 11.2. The van der Waals surface area contributed by atoms with E-state index in [0.29, 0.717) is 0 Å². The first kappa shape index (κ1) is 15.4. The Kier molecular flexibility index (Phi) is 5.09. The van der Waals surface area contributed by atoms with Gasteiger partial charge in [0.05, 0.1) is 12.7 Å². The molecular weight excluding hydrogens is 264 g/mol. The van der Waals surface area contributed by atoms with Crippen LogP contribution >= 0.6 is 0 Å². The van der Waals surface area contributed by atoms with Gasteiger partial charge in [0.25, 0.3) is 0 Å². The molecule has 1 fully saturated rings. The van der Waals surface area contributed by atoms with Gasteiger partial charge in [-0.3, -0.25) is 0 Å². The first-order valence-corrected chi connectivity index (χ1v) is 6.55. The van der Waals surface area contributed by atoms with Crippen LogP contribution in [0.25, 0.3) is 0 Å². The highest BCUT2D eigenvalue weighted by molar-refractivity contribution is 5.16. The zero-order chi connectivity index (χ0) is 14.7. The second kappa shape index (κ2) is 6.62. The molecule has 6 heteroatoms. The number of hydrogen-bond acceptors (Lipinski definition) is 6. The van der Waals surface area contributed by atoms with Gasteiger partial charge in [-0.15, -0.1) is 0 Å². The molecule has 6 nitrogen and oxygen atoms in total. The molecule has 1 aromatic rings. The molecule has 0 bridgehead atoms. The van der Waals surface area contributed by atoms with Crippen LogP contribution in [0.15, 0.2) is 30.3 Å². The van der Waals surface area contributed by atoms with E-state index >= 15 is 0 Å². The minimum atomic E-state index is -1.42. The van der Waals surface area contributed by atoms with E-state index in [4.69, 9.17) is 14.6 Å². The quantitative estimate of drug-likeness (QED) is 0.598. The van der Waals surface area contributed by atoms with Crippen molar-refractivity contribution in [3.05, 3.63) is 35.9 Å². The van der Waals surface area contributed by atoms with Crippen LogP contribution in [0.1, 0.15) is 18.6 Å². The summed E-state index contributed by atoms with van der Waals surface area (Å²) in [7, 11) is 0. The maximum atomic E-state index is 9.88. The Morgan fingerprint density at radius 1 is 1.10 bits per heavy atom. The smallest absolute Gasteiger partial charge is 0.187 e. The summed E-state index contributed by atoms with van der Waals surface area (Å²) in [6.45, 7) is 1.32. The average molecular weight is 284 g/mol. The Hall–Kier alpha value is -1.02. The molecule has 0 radical (unpaired) electrons. The zero-order valence-corrected chi connectivity index (χ0v) is 11.2. The van der Waals surface area contributed by atoms with E-state index in [1.165, 1.54) is 0 Å². The van der Waals surface area contributed by atoms with Crippen molar-refractivity contribution >= 4 is 0 Å². The van der Waals surface area contributed by atoms with Crippen LogP contribution in [0.3, 0.4) is 0 Å². The standard InChI is InChI=1S/C14H20O6/c1-8(9-5-3-2-4-6-9)19-14-13(18)12(17)11(16)10(7-15)20-14/h2-6,8,10-18H,7H2,1H3/t8-,10+,11+,12-,13+,14+/m0/s1. The predicted octanol–water partition coefficient (Wildman–Crippen LogP) is -0.436. The minimum absolute atomic E-state index is 0.363. The van der Waals surface area contributed by atoms with Crippen LogP contribution in [0, 0.1) is 0 Å². The summed E-state index contributed by atoms with van der Waals surface area (Å²) in [5.74, 6) is 0. The number of benzene rings is 1. The van der Waals surface area contributed by atoms with Crippen LogP contribution in [-0.2, 0) is 9.47 Å². The molecule has 2 rings (SSSR count). The largest absolute Gasteiger partial charge is 0.394 e. The van der Waals surface area contributed by atoms with Gasteiger partial charge >= 0.3 is 0 Å². The Balaban J connectivity index is 2.04. The SMILES string of the molecule is C[C@H](O[C@@H]1O[C@H](CO)[C@@H](O)[C@H](O)[C@H]1O)c1ccccc1. The Morgan fingerprint density at radius 2 is 1.75 bits per heavy atom. The summed E-state index contributed by atoms with van der Waals surface area (Å²) < 4.78 is 10.9. The maximum absolute atomic E-state index is 9.88. The Morgan fingerprint density at radius 3 is 2.35 bits per heavy atom. The summed E-state index contributed by atoms with van der Waals surface area (Å²) in [5, 5.41) is 38.3. The van der Waals surface area contributed by atoms with Crippen molar-refractivity contribution in [1.82, 2.24) is 0 Å². The van der Waals surface area contributed by atoms with Gasteiger partial charge in [0.1, 0.15) is 24.4 Å². The number of aliphatic hydroxyl groups excluding tert-OH is 4. The molecule has 6 atom stereocenters. The molecule has 1 aromatic carbocycles. The summed E-state index contributed by atoms with van der Waals surface area (Å²) in [6, 6.07) is 9.35. The fourth-order valence-corrected chi connectivity index (χ4v) is 2.18. The molecule has 1 saturated heterocycles. The number of ether oxygens (including phenoxy) is 2. The molecule has 0 aliphatic carbocycles. The molecule has 0 saturated carbocycles. The Bertz CT molecular complexity index is 409. The number of rotatable bonds is 4. The highest BCUT2D eigenvalue weighted by Crippen LogP contribution is 2.26. The van der Waals surface area contributed by atoms with Crippen LogP contribution in [0.2, 0.25) is 0 Å². The molecule has 112 valence electrons. The van der Waals surface area contributed by atoms with Crippen LogP contribution in [0.5, 0.6) is 0 Å². The lowest BCUT2D eigenvalue weighted by Gasteiger charge is -2.40. The van der Waals surface area contributed by atoms with Gasteiger partial charge in [-0.25, -0.2) is 0 Å². The predicted molar refractivity (Wildman–Crippen MR) is 69.7 cm³/mol. The number of hydrogen-bond donors (Lipinski definition) is 4. The summed E-state index contributed by atoms with van der Waals surface area (Å²) >= 11 is 0. The fourth-order valence-electron chi connectivity index (χ4n) is 2.18. The Labute approximate surface area is 117 Å². The van der Waals surface area contributed by atoms with Gasteiger partial charge in [-0.2, -0.15) is 0 Å². The molecular formula is C14H20O6. The lowest BCUT2D eigenvalue weighted by atomic mass is 9.99. The van der Waals surface area contributed by atoms with E-state index in [2.05, 4.69) is 0 Å². The van der Waals surface area contributed by atoms with Gasteiger partial charge in [0.2, 0.25) is 0 Å². The molecule has 0 aromatic heterocycles. The summed E-state index contributed by atoms with van der Waals surface area (Å²) in [6.07, 6.45) is -6.60. The van der Waals surface area contributed by atoms with Crippen molar-refractivity contribution in [2.24, 2.45) is 0 Å². The molecule has 20 heavy (non-hydrogen) atoms. The van der Waals surface area contributed by atoms with Crippen LogP contribution in [-0.4, -0.2) is 57.7 Å². The highest BCUT2D eigenvalue weighted by atomic mass is 16.7. The average Bonchev–Trinajstić information content (AvgIpc) is 2.48. The molecule has 0 spiro atoms. The first-order chi connectivity index (χ1) is 9.54. The number of aliphatic hydroxyl groups is 4. The van der Waals surface area contributed by atoms with Crippen molar-refractivity contribution in [3.8, 4) is 0 Å². The van der Waals surface area contributed by atoms with E-state index in [1.54, 1.807) is 6.92 Å². The molecule has 1 heterocycles. The van der Waals surface area contributed by atoms with Gasteiger partial charge in [-0.05, 0) is 12.5 Å². The second-order valence-corrected chi connectivity index (χ2v) is 4.89. The second-order valence-electron chi connectivity index (χ2n) is 4.89. The summed E-state index contributed by atoms with van der Waals surface area (Å²) in [5.41, 5.74) is 0.893.